The van der Waals surface area contributed by atoms with E-state index in [0.717, 1.165) is 5.70 Å². The predicted molar refractivity (Wildman–Crippen MR) is 75.8 cm³/mol. The summed E-state index contributed by atoms with van der Waals surface area (Å²) < 4.78 is 5.15. The molecule has 2 rings (SSSR count). The molecule has 0 N–H and O–H groups in total. The summed E-state index contributed by atoms with van der Waals surface area (Å²) in [7, 11) is 0. The Kier molecular flexibility index (Phi) is 4.21. The van der Waals surface area contributed by atoms with Crippen molar-refractivity contribution in [2.75, 3.05) is 6.61 Å². The van der Waals surface area contributed by atoms with Crippen LogP contribution in [0, 0.1) is 17.2 Å². The Morgan fingerprint density at radius 3 is 2.85 bits per heavy atom. The fourth-order valence-electron chi connectivity index (χ4n) is 1.86. The molecule has 0 aromatic heterocycles. The summed E-state index contributed by atoms with van der Waals surface area (Å²) >= 11 is 0. The van der Waals surface area contributed by atoms with Gasteiger partial charge in [-0.25, -0.2) is 4.79 Å². The van der Waals surface area contributed by atoms with Gasteiger partial charge in [-0.1, -0.05) is 26.0 Å². The Balaban J connectivity index is 2.29. The summed E-state index contributed by atoms with van der Waals surface area (Å²) in [4.78, 5) is 13.8. The molecule has 2 aliphatic rings. The summed E-state index contributed by atoms with van der Waals surface area (Å²) in [6, 6.07) is 1.96. The molecule has 0 unspecified atom stereocenters. The zero-order valence-corrected chi connectivity index (χ0v) is 11.5. The molecule has 2 aliphatic heterocycles. The Hall–Kier alpha value is -2.54. The fraction of sp³-hybridized carbons (Fsp3) is 0.250. The van der Waals surface area contributed by atoms with Crippen molar-refractivity contribution < 1.29 is 9.53 Å². The molecule has 0 saturated carbocycles. The van der Waals surface area contributed by atoms with E-state index < -0.39 is 5.97 Å². The van der Waals surface area contributed by atoms with Gasteiger partial charge in [0.15, 0.2) is 5.57 Å². The van der Waals surface area contributed by atoms with Crippen molar-refractivity contribution in [2.24, 2.45) is 5.92 Å². The number of ether oxygens (including phenoxy) is 1. The third kappa shape index (κ3) is 2.89. The molecule has 4 nitrogen and oxygen atoms in total. The van der Waals surface area contributed by atoms with Crippen LogP contribution in [0.4, 0.5) is 0 Å². The number of fused-ring (bicyclic) bond motifs is 1. The van der Waals surface area contributed by atoms with E-state index in [-0.39, 0.29) is 11.5 Å². The van der Waals surface area contributed by atoms with Gasteiger partial charge in [0.05, 0.1) is 12.3 Å². The van der Waals surface area contributed by atoms with E-state index in [1.807, 2.05) is 56.5 Å². The van der Waals surface area contributed by atoms with Crippen LogP contribution in [0.3, 0.4) is 0 Å². The van der Waals surface area contributed by atoms with Gasteiger partial charge in [-0.3, -0.25) is 0 Å². The van der Waals surface area contributed by atoms with Crippen LogP contribution in [0.15, 0.2) is 59.6 Å². The minimum atomic E-state index is -0.579. The third-order valence-corrected chi connectivity index (χ3v) is 2.79. The number of carbonyl (C=O) groups is 1. The van der Waals surface area contributed by atoms with Crippen molar-refractivity contribution in [3.63, 3.8) is 0 Å². The van der Waals surface area contributed by atoms with Gasteiger partial charge in [0.1, 0.15) is 6.07 Å². The number of hydrogen-bond acceptors (Lipinski definition) is 4. The van der Waals surface area contributed by atoms with Gasteiger partial charge in [-0.2, -0.15) is 5.26 Å². The molecular weight excluding hydrogens is 252 g/mol. The highest BCUT2D eigenvalue weighted by Gasteiger charge is 2.22. The van der Waals surface area contributed by atoms with Gasteiger partial charge in [0.2, 0.25) is 0 Å². The molecule has 0 saturated heterocycles. The normalized spacial score (nSPS) is 18.5. The second kappa shape index (κ2) is 6.07. The van der Waals surface area contributed by atoms with Crippen LogP contribution in [0.2, 0.25) is 0 Å². The van der Waals surface area contributed by atoms with Crippen LogP contribution in [-0.4, -0.2) is 17.5 Å². The average Bonchev–Trinajstić information content (AvgIpc) is 2.46. The first-order valence-electron chi connectivity index (χ1n) is 6.47. The number of allylic oxidation sites excluding steroid dienone is 6. The van der Waals surface area contributed by atoms with E-state index in [1.165, 1.54) is 0 Å². The smallest absolute Gasteiger partial charge is 0.351 e. The van der Waals surface area contributed by atoms with E-state index in [2.05, 4.69) is 0 Å². The van der Waals surface area contributed by atoms with Crippen LogP contribution in [0.5, 0.6) is 0 Å². The summed E-state index contributed by atoms with van der Waals surface area (Å²) in [5.41, 5.74) is 1.47. The van der Waals surface area contributed by atoms with Crippen molar-refractivity contribution in [3.8, 4) is 6.07 Å². The zero-order valence-electron chi connectivity index (χ0n) is 11.5. The Bertz CT molecular complexity index is 598. The van der Waals surface area contributed by atoms with Gasteiger partial charge in [0.25, 0.3) is 0 Å². The number of nitrogens with zero attached hydrogens (tertiary/aromatic N) is 2. The standard InChI is InChI=1S/C16H16N2O2/c1-12(2)11-20-16(19)14(10-17)15-8-5-7-13-6-3-4-9-18(13)15/h3-9,12H,11H2,1-2H3. The number of nitriles is 1. The predicted octanol–water partition coefficient (Wildman–Crippen LogP) is 2.80. The van der Waals surface area contributed by atoms with Crippen molar-refractivity contribution in [2.45, 2.75) is 13.8 Å². The Labute approximate surface area is 118 Å². The highest BCUT2D eigenvalue weighted by atomic mass is 16.5. The molecule has 4 heteroatoms. The van der Waals surface area contributed by atoms with Crippen LogP contribution >= 0.6 is 0 Å². The second-order valence-electron chi connectivity index (χ2n) is 4.89. The van der Waals surface area contributed by atoms with Crippen LogP contribution in [-0.2, 0) is 9.53 Å². The molecule has 2 heterocycles. The van der Waals surface area contributed by atoms with Crippen molar-refractivity contribution in [1.82, 2.24) is 4.90 Å². The molecule has 0 atom stereocenters. The molecule has 0 aromatic carbocycles. The maximum absolute atomic E-state index is 12.0. The lowest BCUT2D eigenvalue weighted by Gasteiger charge is -2.27. The summed E-state index contributed by atoms with van der Waals surface area (Å²) in [6.45, 7) is 4.21. The van der Waals surface area contributed by atoms with Crippen molar-refractivity contribution >= 4 is 5.97 Å². The second-order valence-corrected chi connectivity index (χ2v) is 4.89. The first-order valence-corrected chi connectivity index (χ1v) is 6.47. The van der Waals surface area contributed by atoms with E-state index >= 15 is 0 Å². The van der Waals surface area contributed by atoms with E-state index in [4.69, 9.17) is 4.74 Å². The lowest BCUT2D eigenvalue weighted by molar-refractivity contribution is -0.139. The highest BCUT2D eigenvalue weighted by molar-refractivity contribution is 5.94. The Morgan fingerprint density at radius 2 is 2.15 bits per heavy atom. The molecule has 0 spiro atoms. The van der Waals surface area contributed by atoms with Gasteiger partial charge < -0.3 is 9.64 Å². The van der Waals surface area contributed by atoms with Gasteiger partial charge in [0, 0.05) is 11.9 Å². The van der Waals surface area contributed by atoms with E-state index in [0.29, 0.717) is 12.3 Å². The zero-order chi connectivity index (χ0) is 14.5. The fourth-order valence-corrected chi connectivity index (χ4v) is 1.86. The first-order chi connectivity index (χ1) is 9.63. The van der Waals surface area contributed by atoms with Crippen molar-refractivity contribution in [1.29, 1.82) is 5.26 Å². The molecular formula is C16H16N2O2. The maximum Gasteiger partial charge on any atom is 0.351 e. The number of carbonyl (C=O) groups excluding carboxylic acids is 1. The molecule has 0 radical (unpaired) electrons. The molecule has 0 fully saturated rings. The molecule has 0 amide bonds. The average molecular weight is 268 g/mol. The lowest BCUT2D eigenvalue weighted by Crippen LogP contribution is -2.22. The topological polar surface area (TPSA) is 53.3 Å². The molecule has 0 bridgehead atoms. The summed E-state index contributed by atoms with van der Waals surface area (Å²) in [6.07, 6.45) is 13.0. The van der Waals surface area contributed by atoms with Gasteiger partial charge >= 0.3 is 5.97 Å². The van der Waals surface area contributed by atoms with E-state index in [1.54, 1.807) is 11.0 Å². The lowest BCUT2D eigenvalue weighted by atomic mass is 10.1. The quantitative estimate of drug-likeness (QED) is 0.448. The third-order valence-electron chi connectivity index (χ3n) is 2.79. The molecule has 0 aliphatic carbocycles. The van der Waals surface area contributed by atoms with E-state index in [9.17, 15) is 10.1 Å². The highest BCUT2D eigenvalue weighted by Crippen LogP contribution is 2.26. The van der Waals surface area contributed by atoms with Crippen LogP contribution in [0.1, 0.15) is 13.8 Å². The summed E-state index contributed by atoms with van der Waals surface area (Å²) in [5, 5.41) is 9.27. The SMILES string of the molecule is CC(C)COC(=O)C(C#N)=C1C=CC=C2C=CC=CN21. The number of esters is 1. The minimum absolute atomic E-state index is 0.0208. The summed E-state index contributed by atoms with van der Waals surface area (Å²) in [5.74, 6) is -0.343. The van der Waals surface area contributed by atoms with Crippen LogP contribution < -0.4 is 0 Å². The van der Waals surface area contributed by atoms with Gasteiger partial charge in [-0.05, 0) is 30.2 Å². The van der Waals surface area contributed by atoms with Gasteiger partial charge in [-0.15, -0.1) is 0 Å². The van der Waals surface area contributed by atoms with Crippen molar-refractivity contribution in [3.05, 3.63) is 59.6 Å². The first kappa shape index (κ1) is 13.9. The number of hydrogen-bond donors (Lipinski definition) is 0. The van der Waals surface area contributed by atoms with Crippen LogP contribution in [0.25, 0.3) is 0 Å². The minimum Gasteiger partial charge on any atom is -0.461 e. The molecule has 20 heavy (non-hydrogen) atoms. The molecule has 0 aromatic rings. The Morgan fingerprint density at radius 1 is 1.35 bits per heavy atom. The monoisotopic (exact) mass is 268 g/mol. The maximum atomic E-state index is 12.0. The largest absolute Gasteiger partial charge is 0.461 e. The molecule has 102 valence electrons. The number of rotatable bonds is 3.